The van der Waals surface area contributed by atoms with Crippen molar-refractivity contribution in [2.45, 2.75) is 25.7 Å². The molecule has 8 N–H and O–H groups in total. The summed E-state index contributed by atoms with van der Waals surface area (Å²) in [5, 5.41) is 15.5. The summed E-state index contributed by atoms with van der Waals surface area (Å²) in [5.41, 5.74) is 11.6. The molecule has 2 amide bonds. The highest BCUT2D eigenvalue weighted by Crippen LogP contribution is 2.17. The number of guanidine groups is 1. The quantitative estimate of drug-likeness (QED) is 0.166. The van der Waals surface area contributed by atoms with Crippen LogP contribution in [0, 0.1) is 5.41 Å². The van der Waals surface area contributed by atoms with Gasteiger partial charge in [0.2, 0.25) is 5.91 Å². The summed E-state index contributed by atoms with van der Waals surface area (Å²) in [7, 11) is 0. The van der Waals surface area contributed by atoms with Crippen molar-refractivity contribution in [3.63, 3.8) is 0 Å². The normalized spacial score (nSPS) is 10.4. The van der Waals surface area contributed by atoms with Crippen LogP contribution in [0.5, 0.6) is 0 Å². The van der Waals surface area contributed by atoms with Gasteiger partial charge in [0, 0.05) is 18.8 Å². The highest BCUT2D eigenvalue weighted by molar-refractivity contribution is 6.31. The van der Waals surface area contributed by atoms with Gasteiger partial charge in [0.25, 0.3) is 5.91 Å². The van der Waals surface area contributed by atoms with E-state index in [1.807, 2.05) is 30.3 Å². The molecule has 1 heterocycles. The number of halogens is 1. The maximum absolute atomic E-state index is 12.1. The zero-order valence-electron chi connectivity index (χ0n) is 17.5. The molecule has 0 saturated carbocycles. The number of hydrogen-bond donors (Lipinski definition) is 6. The predicted octanol–water partition coefficient (Wildman–Crippen LogP) is 1.76. The minimum Gasteiger partial charge on any atom is -0.382 e. The topological polar surface area (TPSA) is 181 Å². The van der Waals surface area contributed by atoms with Crippen molar-refractivity contribution >= 4 is 46.7 Å². The molecule has 2 aromatic rings. The molecular formula is C20H27ClN8O3. The Morgan fingerprint density at radius 1 is 1.03 bits per heavy atom. The van der Waals surface area contributed by atoms with Gasteiger partial charge in [-0.1, -0.05) is 42.6 Å². The number of anilines is 3. The Balaban J connectivity index is 1.50. The lowest BCUT2D eigenvalue weighted by Crippen LogP contribution is -2.41. The number of aromatic nitrogens is 2. The largest absolute Gasteiger partial charge is 0.382 e. The highest BCUT2D eigenvalue weighted by atomic mass is 35.5. The maximum atomic E-state index is 12.1. The van der Waals surface area contributed by atoms with Gasteiger partial charge >= 0.3 is 0 Å². The highest BCUT2D eigenvalue weighted by Gasteiger charge is 2.16. The van der Waals surface area contributed by atoms with Gasteiger partial charge in [-0.3, -0.25) is 20.3 Å². The van der Waals surface area contributed by atoms with Crippen LogP contribution >= 0.6 is 11.6 Å². The third kappa shape index (κ3) is 8.74. The monoisotopic (exact) mass is 462 g/mol. The number of carbonyl (C=O) groups excluding carboxylic acids is 2. The summed E-state index contributed by atoms with van der Waals surface area (Å²) in [5.74, 6) is -1.32. The molecule has 0 aliphatic carbocycles. The lowest BCUT2D eigenvalue weighted by Gasteiger charge is -2.10. The molecule has 0 spiro atoms. The summed E-state index contributed by atoms with van der Waals surface area (Å²) in [6.07, 6.45) is 3.43. The van der Waals surface area contributed by atoms with Gasteiger partial charge < -0.3 is 26.8 Å². The third-order valence-electron chi connectivity index (χ3n) is 4.17. The van der Waals surface area contributed by atoms with Crippen LogP contribution in [-0.2, 0) is 9.53 Å². The second-order valence-electron chi connectivity index (χ2n) is 6.77. The van der Waals surface area contributed by atoms with Gasteiger partial charge in [-0.05, 0) is 25.0 Å². The Bertz CT molecular complexity index is 927. The molecule has 0 bridgehead atoms. The second-order valence-corrected chi connectivity index (χ2v) is 7.13. The van der Waals surface area contributed by atoms with Gasteiger partial charge in [-0.15, -0.1) is 0 Å². The fraction of sp³-hybridized carbons (Fsp3) is 0.350. The van der Waals surface area contributed by atoms with E-state index in [-0.39, 0.29) is 41.0 Å². The molecule has 1 aromatic heterocycles. The van der Waals surface area contributed by atoms with Crippen molar-refractivity contribution in [1.82, 2.24) is 20.6 Å². The first-order chi connectivity index (χ1) is 15.4. The number of amides is 2. The van der Waals surface area contributed by atoms with E-state index in [0.717, 1.165) is 31.4 Å². The number of nitrogens with two attached hydrogens (primary N) is 2. The first-order valence-corrected chi connectivity index (χ1v) is 10.4. The Morgan fingerprint density at radius 3 is 2.50 bits per heavy atom. The Kier molecular flexibility index (Phi) is 10.1. The zero-order valence-corrected chi connectivity index (χ0v) is 18.2. The van der Waals surface area contributed by atoms with E-state index in [1.54, 1.807) is 0 Å². The summed E-state index contributed by atoms with van der Waals surface area (Å²) >= 11 is 5.75. The van der Waals surface area contributed by atoms with Crippen LogP contribution in [0.15, 0.2) is 30.3 Å². The van der Waals surface area contributed by atoms with Gasteiger partial charge in [0.15, 0.2) is 28.4 Å². The standard InChI is InChI=1S/C20H27ClN8O3/c21-16-18(23)28-17(22)15(27-16)19(31)29-20(24)25-10-6-1-2-7-11-32-12-14(30)26-13-8-4-3-5-9-13/h3-5,8-9H,1-2,6-7,10-12H2,(H,26,30)(H4,22,23,28)(H3,24,25,29,31). The lowest BCUT2D eigenvalue weighted by atomic mass is 10.2. The van der Waals surface area contributed by atoms with Crippen LogP contribution in [0.2, 0.25) is 5.15 Å². The molecule has 172 valence electrons. The Morgan fingerprint density at radius 2 is 1.75 bits per heavy atom. The molecule has 0 atom stereocenters. The molecule has 0 fully saturated rings. The van der Waals surface area contributed by atoms with Crippen LogP contribution in [0.25, 0.3) is 0 Å². The summed E-state index contributed by atoms with van der Waals surface area (Å²) in [6.45, 7) is 1.01. The molecule has 0 aliphatic rings. The van der Waals surface area contributed by atoms with Crippen LogP contribution in [0.3, 0.4) is 0 Å². The first kappa shape index (κ1) is 24.8. The van der Waals surface area contributed by atoms with Gasteiger partial charge in [-0.2, -0.15) is 0 Å². The van der Waals surface area contributed by atoms with E-state index < -0.39 is 5.91 Å². The summed E-state index contributed by atoms with van der Waals surface area (Å²) < 4.78 is 5.38. The van der Waals surface area contributed by atoms with Crippen LogP contribution in [0.1, 0.15) is 36.2 Å². The molecule has 32 heavy (non-hydrogen) atoms. The van der Waals surface area contributed by atoms with Crippen molar-refractivity contribution in [3.8, 4) is 0 Å². The minimum atomic E-state index is -0.706. The number of benzene rings is 1. The van der Waals surface area contributed by atoms with E-state index in [0.29, 0.717) is 13.2 Å². The zero-order chi connectivity index (χ0) is 23.3. The molecule has 0 aliphatic heterocycles. The van der Waals surface area contributed by atoms with E-state index in [9.17, 15) is 9.59 Å². The third-order valence-corrected chi connectivity index (χ3v) is 4.44. The molecule has 0 radical (unpaired) electrons. The van der Waals surface area contributed by atoms with Crippen molar-refractivity contribution in [2.24, 2.45) is 0 Å². The van der Waals surface area contributed by atoms with E-state index in [1.165, 1.54) is 0 Å². The van der Waals surface area contributed by atoms with E-state index >= 15 is 0 Å². The summed E-state index contributed by atoms with van der Waals surface area (Å²) in [4.78, 5) is 31.4. The smallest absolute Gasteiger partial charge is 0.280 e. The second kappa shape index (κ2) is 13.1. The average Bonchev–Trinajstić information content (AvgIpc) is 2.75. The van der Waals surface area contributed by atoms with Gasteiger partial charge in [-0.25, -0.2) is 9.97 Å². The number of rotatable bonds is 11. The number of nitrogens with one attached hydrogen (secondary N) is 4. The molecule has 11 nitrogen and oxygen atoms in total. The number of para-hydroxylation sites is 1. The number of nitrogens with zero attached hydrogens (tertiary/aromatic N) is 2. The van der Waals surface area contributed by atoms with Gasteiger partial charge in [0.1, 0.15) is 6.61 Å². The fourth-order valence-electron chi connectivity index (χ4n) is 2.61. The van der Waals surface area contributed by atoms with Crippen molar-refractivity contribution in [1.29, 1.82) is 5.41 Å². The van der Waals surface area contributed by atoms with Crippen molar-refractivity contribution in [2.75, 3.05) is 36.5 Å². The van der Waals surface area contributed by atoms with E-state index in [2.05, 4.69) is 25.9 Å². The fourth-order valence-corrected chi connectivity index (χ4v) is 2.73. The predicted molar refractivity (Wildman–Crippen MR) is 123 cm³/mol. The summed E-state index contributed by atoms with van der Waals surface area (Å²) in [6, 6.07) is 9.20. The number of unbranched alkanes of at least 4 members (excludes halogenated alkanes) is 3. The number of carbonyl (C=O) groups is 2. The van der Waals surface area contributed by atoms with Gasteiger partial charge in [0.05, 0.1) is 0 Å². The number of nitrogen functional groups attached to an aromatic ring is 2. The van der Waals surface area contributed by atoms with Crippen LogP contribution in [-0.4, -0.2) is 47.5 Å². The van der Waals surface area contributed by atoms with E-state index in [4.69, 9.17) is 33.2 Å². The molecule has 0 saturated heterocycles. The first-order valence-electron chi connectivity index (χ1n) is 10.0. The molecule has 2 rings (SSSR count). The number of ether oxygens (including phenoxy) is 1. The SMILES string of the molecule is N=C(NCCCCCCOCC(=O)Nc1ccccc1)NC(=O)c1nc(Cl)c(N)nc1N. The Hall–Kier alpha value is -3.44. The Labute approximate surface area is 190 Å². The van der Waals surface area contributed by atoms with Crippen LogP contribution < -0.4 is 27.4 Å². The minimum absolute atomic E-state index is 0.0153. The maximum Gasteiger partial charge on any atom is 0.280 e. The van der Waals surface area contributed by atoms with Crippen LogP contribution in [0.4, 0.5) is 17.3 Å². The van der Waals surface area contributed by atoms with Crippen molar-refractivity contribution in [3.05, 3.63) is 41.2 Å². The lowest BCUT2D eigenvalue weighted by molar-refractivity contribution is -0.120. The molecule has 12 heteroatoms. The van der Waals surface area contributed by atoms with Crippen molar-refractivity contribution < 1.29 is 14.3 Å². The molecular weight excluding hydrogens is 436 g/mol. The molecule has 1 aromatic carbocycles. The molecule has 0 unspecified atom stereocenters. The average molecular weight is 463 g/mol. The number of hydrogen-bond acceptors (Lipinski definition) is 8.